The van der Waals surface area contributed by atoms with Gasteiger partial charge in [0, 0.05) is 18.7 Å². The van der Waals surface area contributed by atoms with E-state index in [2.05, 4.69) is 0 Å². The average molecular weight is 303 g/mol. The smallest absolute Gasteiger partial charge is 0.404 e. The number of non-ortho nitro benzene ring substituents is 1. The molecule has 1 heterocycles. The molecule has 0 amide bonds. The molecular weight excluding hydrogens is 289 g/mol. The maximum Gasteiger partial charge on any atom is 0.527 e. The second kappa shape index (κ2) is 6.32. The lowest BCUT2D eigenvalue weighted by molar-refractivity contribution is -0.384. The Kier molecular flexibility index (Phi) is 4.72. The number of nitrogens with zero attached hydrogens (tertiary/aromatic N) is 1. The van der Waals surface area contributed by atoms with Gasteiger partial charge in [-0.25, -0.2) is 4.57 Å². The van der Waals surface area contributed by atoms with Crippen LogP contribution in [0.15, 0.2) is 24.3 Å². The summed E-state index contributed by atoms with van der Waals surface area (Å²) in [4.78, 5) is 19.4. The Morgan fingerprint density at radius 2 is 2.15 bits per heavy atom. The monoisotopic (exact) mass is 303 g/mol. The van der Waals surface area contributed by atoms with Gasteiger partial charge in [-0.05, 0) is 25.0 Å². The fraction of sp³-hybridized carbons (Fsp3) is 0.455. The van der Waals surface area contributed by atoms with Crippen molar-refractivity contribution in [2.45, 2.75) is 18.9 Å². The number of phosphoric acid groups is 1. The SMILES string of the molecule is O=[N+]([O-])c1ccc(OP(=O)(O)OCC2CCCO2)cc1. The minimum Gasteiger partial charge on any atom is -0.404 e. The van der Waals surface area contributed by atoms with Gasteiger partial charge in [-0.15, -0.1) is 0 Å². The predicted molar refractivity (Wildman–Crippen MR) is 68.5 cm³/mol. The quantitative estimate of drug-likeness (QED) is 0.487. The highest BCUT2D eigenvalue weighted by molar-refractivity contribution is 7.47. The lowest BCUT2D eigenvalue weighted by Gasteiger charge is -2.15. The third-order valence-corrected chi connectivity index (χ3v) is 3.63. The van der Waals surface area contributed by atoms with Crippen LogP contribution in [0.1, 0.15) is 12.8 Å². The van der Waals surface area contributed by atoms with Crippen LogP contribution < -0.4 is 4.52 Å². The average Bonchev–Trinajstić information content (AvgIpc) is 2.90. The molecule has 8 nitrogen and oxygen atoms in total. The summed E-state index contributed by atoms with van der Waals surface area (Å²) >= 11 is 0. The van der Waals surface area contributed by atoms with E-state index in [1.54, 1.807) is 0 Å². The first kappa shape index (κ1) is 14.9. The lowest BCUT2D eigenvalue weighted by Crippen LogP contribution is -2.14. The van der Waals surface area contributed by atoms with Gasteiger partial charge in [0.05, 0.1) is 17.6 Å². The van der Waals surface area contributed by atoms with Gasteiger partial charge >= 0.3 is 7.82 Å². The zero-order valence-electron chi connectivity index (χ0n) is 10.5. The molecule has 1 aromatic carbocycles. The van der Waals surface area contributed by atoms with Crippen molar-refractivity contribution in [3.8, 4) is 5.75 Å². The first-order valence-corrected chi connectivity index (χ1v) is 7.49. The standard InChI is InChI=1S/C11H14NO7P/c13-12(14)9-3-5-10(6-4-9)19-20(15,16)18-8-11-2-1-7-17-11/h3-6,11H,1-2,7-8H2,(H,15,16). The van der Waals surface area contributed by atoms with Crippen LogP contribution in [-0.4, -0.2) is 29.1 Å². The number of phosphoric ester groups is 1. The van der Waals surface area contributed by atoms with Crippen molar-refractivity contribution in [3.63, 3.8) is 0 Å². The topological polar surface area (TPSA) is 108 Å². The summed E-state index contributed by atoms with van der Waals surface area (Å²) in [6, 6.07) is 4.82. The maximum atomic E-state index is 11.7. The highest BCUT2D eigenvalue weighted by Gasteiger charge is 2.26. The Morgan fingerprint density at radius 1 is 1.45 bits per heavy atom. The number of ether oxygens (including phenoxy) is 1. The Balaban J connectivity index is 1.89. The third-order valence-electron chi connectivity index (χ3n) is 2.72. The van der Waals surface area contributed by atoms with Crippen LogP contribution in [0.25, 0.3) is 0 Å². The molecule has 1 aromatic rings. The van der Waals surface area contributed by atoms with Crippen molar-refractivity contribution in [2.24, 2.45) is 0 Å². The zero-order chi connectivity index (χ0) is 14.6. The van der Waals surface area contributed by atoms with Crippen LogP contribution in [0.3, 0.4) is 0 Å². The van der Waals surface area contributed by atoms with Gasteiger partial charge in [-0.2, -0.15) is 0 Å². The minimum atomic E-state index is -4.26. The zero-order valence-corrected chi connectivity index (χ0v) is 11.4. The van der Waals surface area contributed by atoms with E-state index in [-0.39, 0.29) is 24.1 Å². The summed E-state index contributed by atoms with van der Waals surface area (Å²) < 4.78 is 26.6. The molecule has 1 fully saturated rings. The van der Waals surface area contributed by atoms with Crippen molar-refractivity contribution >= 4 is 13.5 Å². The summed E-state index contributed by atoms with van der Waals surface area (Å²) in [5, 5.41) is 10.5. The fourth-order valence-corrected chi connectivity index (χ4v) is 2.54. The van der Waals surface area contributed by atoms with Crippen molar-refractivity contribution in [1.29, 1.82) is 0 Å². The predicted octanol–water partition coefficient (Wildman–Crippen LogP) is 2.27. The molecule has 1 aliphatic heterocycles. The number of rotatable bonds is 6. The molecule has 0 radical (unpaired) electrons. The van der Waals surface area contributed by atoms with E-state index >= 15 is 0 Å². The van der Waals surface area contributed by atoms with Gasteiger partial charge in [-0.3, -0.25) is 19.5 Å². The molecule has 1 saturated heterocycles. The molecule has 0 aliphatic carbocycles. The van der Waals surface area contributed by atoms with Crippen molar-refractivity contribution in [3.05, 3.63) is 34.4 Å². The number of hydrogen-bond donors (Lipinski definition) is 1. The first-order chi connectivity index (χ1) is 9.46. The molecule has 20 heavy (non-hydrogen) atoms. The summed E-state index contributed by atoms with van der Waals surface area (Å²) in [5.74, 6) is 0.0220. The lowest BCUT2D eigenvalue weighted by atomic mass is 10.2. The van der Waals surface area contributed by atoms with E-state index in [4.69, 9.17) is 13.8 Å². The molecule has 1 N–H and O–H groups in total. The van der Waals surface area contributed by atoms with Gasteiger partial charge in [-0.1, -0.05) is 0 Å². The molecule has 2 rings (SSSR count). The Bertz CT molecular complexity index is 512. The van der Waals surface area contributed by atoms with Crippen LogP contribution in [-0.2, 0) is 13.8 Å². The number of nitro benzene ring substituents is 1. The van der Waals surface area contributed by atoms with Crippen LogP contribution >= 0.6 is 7.82 Å². The fourth-order valence-electron chi connectivity index (χ4n) is 1.74. The highest BCUT2D eigenvalue weighted by atomic mass is 31.2. The number of nitro groups is 1. The van der Waals surface area contributed by atoms with E-state index in [1.165, 1.54) is 24.3 Å². The molecule has 2 atom stereocenters. The second-order valence-electron chi connectivity index (χ2n) is 4.24. The summed E-state index contributed by atoms with van der Waals surface area (Å²) in [6.07, 6.45) is 1.47. The molecular formula is C11H14NO7P. The van der Waals surface area contributed by atoms with E-state index in [9.17, 15) is 19.6 Å². The molecule has 2 unspecified atom stereocenters. The largest absolute Gasteiger partial charge is 0.527 e. The molecule has 0 saturated carbocycles. The van der Waals surface area contributed by atoms with E-state index in [1.807, 2.05) is 0 Å². The molecule has 0 bridgehead atoms. The Hall–Kier alpha value is -1.47. The van der Waals surface area contributed by atoms with Gasteiger partial charge in [0.2, 0.25) is 0 Å². The van der Waals surface area contributed by atoms with Gasteiger partial charge < -0.3 is 9.26 Å². The minimum absolute atomic E-state index is 0.0220. The molecule has 110 valence electrons. The first-order valence-electron chi connectivity index (χ1n) is 5.99. The van der Waals surface area contributed by atoms with Gasteiger partial charge in [0.25, 0.3) is 5.69 Å². The van der Waals surface area contributed by atoms with E-state index < -0.39 is 12.7 Å². The van der Waals surface area contributed by atoms with Gasteiger partial charge in [0.15, 0.2) is 0 Å². The number of hydrogen-bond acceptors (Lipinski definition) is 6. The summed E-state index contributed by atoms with van der Waals surface area (Å²) in [5.41, 5.74) is -0.134. The molecule has 0 aromatic heterocycles. The van der Waals surface area contributed by atoms with E-state index in [0.717, 1.165) is 12.8 Å². The van der Waals surface area contributed by atoms with Crippen LogP contribution in [0.4, 0.5) is 5.69 Å². The Labute approximate surface area is 115 Å². The van der Waals surface area contributed by atoms with Crippen molar-refractivity contribution < 1.29 is 28.2 Å². The van der Waals surface area contributed by atoms with Crippen molar-refractivity contribution in [1.82, 2.24) is 0 Å². The molecule has 0 spiro atoms. The highest BCUT2D eigenvalue weighted by Crippen LogP contribution is 2.44. The molecule has 1 aliphatic rings. The second-order valence-corrected chi connectivity index (χ2v) is 5.62. The van der Waals surface area contributed by atoms with Crippen molar-refractivity contribution in [2.75, 3.05) is 13.2 Å². The van der Waals surface area contributed by atoms with E-state index in [0.29, 0.717) is 6.61 Å². The summed E-state index contributed by atoms with van der Waals surface area (Å²) in [7, 11) is -4.26. The molecule has 9 heteroatoms. The summed E-state index contributed by atoms with van der Waals surface area (Å²) in [6.45, 7) is 0.591. The Morgan fingerprint density at radius 3 is 2.70 bits per heavy atom. The van der Waals surface area contributed by atoms with Crippen LogP contribution in [0.2, 0.25) is 0 Å². The van der Waals surface area contributed by atoms with Crippen LogP contribution in [0, 0.1) is 10.1 Å². The van der Waals surface area contributed by atoms with Crippen LogP contribution in [0.5, 0.6) is 5.75 Å². The number of benzene rings is 1. The maximum absolute atomic E-state index is 11.7. The third kappa shape index (κ3) is 4.28. The normalized spacial score (nSPS) is 21.4. The van der Waals surface area contributed by atoms with Gasteiger partial charge in [0.1, 0.15) is 5.75 Å².